The number of hydrogen-bond acceptors (Lipinski definition) is 26. The number of ether oxygens (including phenoxy) is 7. The van der Waals surface area contributed by atoms with E-state index in [1.54, 1.807) is 6.92 Å². The van der Waals surface area contributed by atoms with Crippen LogP contribution < -0.4 is 46.5 Å². The number of carbonyl (C=O) groups is 9. The van der Waals surface area contributed by atoms with Gasteiger partial charge >= 0.3 is 0 Å². The number of Topliss-reactive ketones (excluding diaryl/α,β-unsaturated/α-hetero) is 3. The zero-order chi connectivity index (χ0) is 85.5. The number of halogens is 2. The fraction of sp³-hybridized carbons (Fsp3) is 0.547. The summed E-state index contributed by atoms with van der Waals surface area (Å²) < 4.78 is 44.6. The first-order valence-corrected chi connectivity index (χ1v) is 41.5. The predicted molar refractivity (Wildman–Crippen MR) is 425 cm³/mol. The number of phenolic OH excluding ortho intramolecular Hbond substituents is 3. The number of benzene rings is 5. The lowest BCUT2D eigenvalue weighted by Crippen LogP contribution is -2.64. The zero-order valence-electron chi connectivity index (χ0n) is 66.7. The molecule has 642 valence electrons. The largest absolute Gasteiger partial charge is 0.508 e. The third-order valence-electron chi connectivity index (χ3n) is 24.7. The normalized spacial score (nSPS) is 31.5. The van der Waals surface area contributed by atoms with Gasteiger partial charge < -0.3 is 106 Å². The number of aliphatic hydroxyl groups is 6. The highest BCUT2D eigenvalue weighted by molar-refractivity contribution is 6.32. The molecule has 119 heavy (non-hydrogen) atoms. The summed E-state index contributed by atoms with van der Waals surface area (Å²) in [5, 5.41) is 119. The monoisotopic (exact) mass is 1690 g/mol. The molecule has 4 aliphatic carbocycles. The highest BCUT2D eigenvalue weighted by Crippen LogP contribution is 2.58. The molecule has 4 saturated carbocycles. The van der Waals surface area contributed by atoms with Gasteiger partial charge in [0, 0.05) is 67.4 Å². The van der Waals surface area contributed by atoms with E-state index in [1.165, 1.54) is 62.4 Å². The summed E-state index contributed by atoms with van der Waals surface area (Å²) in [7, 11) is 0. The molecule has 6 fully saturated rings. The van der Waals surface area contributed by atoms with Crippen LogP contribution >= 0.6 is 23.2 Å². The van der Waals surface area contributed by atoms with E-state index >= 15 is 28.8 Å². The fourth-order valence-electron chi connectivity index (χ4n) is 18.6. The molecule has 2 saturated heterocycles. The minimum absolute atomic E-state index is 0.0415. The Balaban J connectivity index is 1.02. The van der Waals surface area contributed by atoms with Crippen LogP contribution in [-0.4, -0.2) is 185 Å². The molecule has 0 unspecified atom stereocenters. The number of carbonyl (C=O) groups excluding carboxylic acids is 9. The van der Waals surface area contributed by atoms with E-state index in [0.717, 1.165) is 62.4 Å². The van der Waals surface area contributed by atoms with Gasteiger partial charge in [-0.25, -0.2) is 0 Å². The van der Waals surface area contributed by atoms with Gasteiger partial charge in [0.1, 0.15) is 90.0 Å². The summed E-state index contributed by atoms with van der Waals surface area (Å²) in [5.41, 5.74) is 3.58. The Labute approximate surface area is 696 Å². The van der Waals surface area contributed by atoms with E-state index in [1.807, 2.05) is 20.8 Å². The van der Waals surface area contributed by atoms with Gasteiger partial charge in [-0.1, -0.05) is 75.5 Å². The maximum atomic E-state index is 16.7. The number of aromatic hydroxyl groups is 3. The van der Waals surface area contributed by atoms with Gasteiger partial charge in [0.05, 0.1) is 40.7 Å². The van der Waals surface area contributed by atoms with Gasteiger partial charge in [-0.3, -0.25) is 48.5 Å². The first kappa shape index (κ1) is 87.9. The summed E-state index contributed by atoms with van der Waals surface area (Å²) in [4.78, 5) is 138. The first-order chi connectivity index (χ1) is 56.6. The topological polar surface area (TPSA) is 486 Å². The average Bonchev–Trinajstić information content (AvgIpc) is 0.756. The molecule has 5 aromatic carbocycles. The van der Waals surface area contributed by atoms with Crippen molar-refractivity contribution < 1.29 is 122 Å². The van der Waals surface area contributed by atoms with Crippen LogP contribution in [0.4, 0.5) is 0 Å². The first-order valence-electron chi connectivity index (χ1n) is 40.7. The summed E-state index contributed by atoms with van der Waals surface area (Å²) in [6.45, 7) is 9.00. The minimum Gasteiger partial charge on any atom is -0.508 e. The Morgan fingerprint density at radius 2 is 1.34 bits per heavy atom. The lowest BCUT2D eigenvalue weighted by molar-refractivity contribution is -0.333. The SMILES string of the molecule is CCCCOCC(=O)NC(=O)C[C@@H]1CC(=O)[C@H](NC(=O)[C@H](CC)CC(C)C)[C@H](O)c2ccc(c(Cl)c2)Oc2cc3cc(c2O[C@@H]2O[C@H](CO)[C@@H](O)[C@H](O)[C@H]2O[C@H]2C[C@](C)(N)[C@H](O)[C@H](C)O2)Oc2ccc(cc2Cl)[C@@H](O)[C@@H]2NC(=O)[C@H](CC(=O)[C@@H]3NC1=O)c1ccc(O)c(c1)-c1c(O)cc(O)cc1[C@@H](C(=O)CC1C3CC4CC(C3)CC1C4)NC2=O. The quantitative estimate of drug-likeness (QED) is 0.0336. The van der Waals surface area contributed by atoms with E-state index in [0.29, 0.717) is 31.1 Å². The van der Waals surface area contributed by atoms with Crippen molar-refractivity contribution in [3.63, 3.8) is 0 Å². The van der Waals surface area contributed by atoms with Gasteiger partial charge in [0.15, 0.2) is 41.2 Å². The Kier molecular flexibility index (Phi) is 27.2. The molecule has 0 spiro atoms. The number of hydrogen-bond donors (Lipinski definition) is 15. The van der Waals surface area contributed by atoms with Gasteiger partial charge in [-0.15, -0.1) is 0 Å². The van der Waals surface area contributed by atoms with Crippen molar-refractivity contribution in [2.45, 2.75) is 228 Å². The standard InChI is InChI=1S/C86H104Cl2N6O25/c1-7-9-16-113-36-67(103)90-66(102)29-48-26-58(99)72(93-81(109)41(8-2)17-37(3)4)74(104)43-11-14-61(54(87)24-43)115-63-27-47-28-64(78(63)119-85-79(77(107)76(106)65(35-95)117-85)118-68-34-86(6,89)80(108)38(5)114-68)116-62-15-12-44(25-55(62)88)75(105)73-84(112)92-71(60(101)32-50-45-19-39-18-40(21-45)22-46(50)20-39)53-30-49(96)31-57(98)69(53)52-23-42(10-13-56(52)97)51(83(111)94-73)33-59(100)70(47)91-82(48)110/h10-15,23-25,27-28,30-31,37-41,45-46,48,50-51,65,68,70-77,79-80,85,95-98,104-108H,7-9,16-22,26,29,32-36,89H2,1-6H3,(H,91,110)(H,92,112)(H,93,109)(H,94,111)(H,90,102,103)/t38-,39?,40?,41+,45?,46?,48-,50?,51+,65+,68-,70+,71-,72-,73-,74+,75+,76+,77-,79+,80+,85-,86-/m0/s1. The van der Waals surface area contributed by atoms with Gasteiger partial charge in [0.2, 0.25) is 41.6 Å². The second-order valence-corrected chi connectivity index (χ2v) is 34.7. The van der Waals surface area contributed by atoms with Gasteiger partial charge in [-0.2, -0.15) is 0 Å². The molecule has 18 atom stereocenters. The van der Waals surface area contributed by atoms with Crippen LogP contribution in [0.15, 0.2) is 78.9 Å². The van der Waals surface area contributed by atoms with Crippen LogP contribution in [-0.2, 0) is 62.1 Å². The molecule has 11 aliphatic rings. The van der Waals surface area contributed by atoms with Gasteiger partial charge in [0.25, 0.3) is 5.91 Å². The lowest BCUT2D eigenvalue weighted by Gasteiger charge is -2.54. The van der Waals surface area contributed by atoms with Crippen molar-refractivity contribution in [3.05, 3.63) is 117 Å². The second-order valence-electron chi connectivity index (χ2n) is 33.9. The number of nitrogens with one attached hydrogen (secondary N) is 5. The summed E-state index contributed by atoms with van der Waals surface area (Å²) >= 11 is 14.5. The van der Waals surface area contributed by atoms with Crippen molar-refractivity contribution in [1.82, 2.24) is 26.6 Å². The molecule has 31 nitrogen and oxygen atoms in total. The van der Waals surface area contributed by atoms with Crippen LogP contribution in [0.3, 0.4) is 0 Å². The molecule has 6 amide bonds. The molecular formula is C86H104Cl2N6O25. The number of nitrogens with two attached hydrogens (primary N) is 1. The number of aliphatic hydroxyl groups excluding tert-OH is 6. The second kappa shape index (κ2) is 36.8. The van der Waals surface area contributed by atoms with Crippen LogP contribution in [0.1, 0.15) is 189 Å². The number of phenols is 3. The fourth-order valence-corrected chi connectivity index (χ4v) is 19.1. The van der Waals surface area contributed by atoms with Crippen LogP contribution in [0, 0.1) is 47.3 Å². The van der Waals surface area contributed by atoms with E-state index in [4.69, 9.17) is 62.1 Å². The maximum absolute atomic E-state index is 16.7. The van der Waals surface area contributed by atoms with Crippen LogP contribution in [0.25, 0.3) is 11.1 Å². The summed E-state index contributed by atoms with van der Waals surface area (Å²) in [5.74, 6) is -16.9. The van der Waals surface area contributed by atoms with E-state index < -0.39 is 229 Å². The van der Waals surface area contributed by atoms with Gasteiger partial charge in [-0.05, 0) is 183 Å². The molecule has 33 heteroatoms. The predicted octanol–water partition coefficient (Wildman–Crippen LogP) is 7.44. The Morgan fingerprint density at radius 3 is 1.96 bits per heavy atom. The Bertz CT molecular complexity index is 4670. The van der Waals surface area contributed by atoms with Crippen LogP contribution in [0.2, 0.25) is 10.0 Å². The van der Waals surface area contributed by atoms with E-state index in [-0.39, 0.29) is 110 Å². The van der Waals surface area contributed by atoms with E-state index in [2.05, 4.69) is 26.6 Å². The van der Waals surface area contributed by atoms with Crippen molar-refractivity contribution in [3.8, 4) is 57.1 Å². The van der Waals surface area contributed by atoms with Crippen molar-refractivity contribution in [2.75, 3.05) is 19.8 Å². The molecule has 15 bridgehead atoms. The highest BCUT2D eigenvalue weighted by Gasteiger charge is 2.53. The molecule has 16 rings (SSSR count). The zero-order valence-corrected chi connectivity index (χ0v) is 68.2. The molecule has 7 aliphatic heterocycles. The number of imide groups is 1. The number of ketones is 3. The Hall–Kier alpha value is -8.93. The number of fused-ring (bicyclic) bond motifs is 15. The third-order valence-corrected chi connectivity index (χ3v) is 25.3. The maximum Gasteiger partial charge on any atom is 0.252 e. The average molecular weight is 1690 g/mol. The van der Waals surface area contributed by atoms with E-state index in [9.17, 15) is 60.3 Å². The molecule has 16 N–H and O–H groups in total. The summed E-state index contributed by atoms with van der Waals surface area (Å²) in [6, 6.07) is 7.17. The summed E-state index contributed by atoms with van der Waals surface area (Å²) in [6.07, 6.45) is -14.1. The number of unbranched alkanes of at least 4 members (excludes halogenated alkanes) is 1. The minimum atomic E-state index is -2.23. The molecule has 7 heterocycles. The lowest BCUT2D eigenvalue weighted by atomic mass is 9.51. The van der Waals surface area contributed by atoms with Crippen molar-refractivity contribution in [1.29, 1.82) is 0 Å². The van der Waals surface area contributed by atoms with Crippen molar-refractivity contribution in [2.24, 2.45) is 53.1 Å². The van der Waals surface area contributed by atoms with Crippen molar-refractivity contribution >= 4 is 76.0 Å². The molecule has 5 aromatic rings. The highest BCUT2D eigenvalue weighted by atomic mass is 35.5. The Morgan fingerprint density at radius 1 is 0.697 bits per heavy atom. The number of amides is 6. The van der Waals surface area contributed by atoms with Crippen LogP contribution in [0.5, 0.6) is 46.0 Å². The third kappa shape index (κ3) is 19.2. The number of rotatable bonds is 20. The molecule has 0 radical (unpaired) electrons. The molecule has 0 aromatic heterocycles. The molecular weight excluding hydrogens is 1590 g/mol. The smallest absolute Gasteiger partial charge is 0.252 e.